The zero-order valence-corrected chi connectivity index (χ0v) is 10.5. The molecule has 0 amide bonds. The molecule has 0 aromatic heterocycles. The molecule has 15 heavy (non-hydrogen) atoms. The number of piperidine rings is 1. The molecule has 1 saturated carbocycles. The smallest absolute Gasteiger partial charge is 0.0241 e. The van der Waals surface area contributed by atoms with Gasteiger partial charge in [0.15, 0.2) is 0 Å². The minimum absolute atomic E-state index is 0.724. The van der Waals surface area contributed by atoms with Crippen LogP contribution in [0, 0.1) is 5.92 Å². The fraction of sp³-hybridized carbons (Fsp3) is 1.00. The van der Waals surface area contributed by atoms with Gasteiger partial charge in [-0.2, -0.15) is 0 Å². The summed E-state index contributed by atoms with van der Waals surface area (Å²) in [6.07, 6.45) is 8.29. The number of rotatable bonds is 4. The SMILES string of the molecule is CCC(NN1C(C)CCCC1C)C1CC1. The van der Waals surface area contributed by atoms with E-state index in [0.29, 0.717) is 0 Å². The van der Waals surface area contributed by atoms with Gasteiger partial charge < -0.3 is 0 Å². The number of hydrogen-bond acceptors (Lipinski definition) is 2. The second-order valence-corrected chi connectivity index (χ2v) is 5.52. The molecule has 3 atom stereocenters. The Kier molecular flexibility index (Phi) is 3.68. The first-order chi connectivity index (χ1) is 7.22. The zero-order chi connectivity index (χ0) is 10.8. The highest BCUT2D eigenvalue weighted by Gasteiger charge is 2.33. The molecule has 0 aromatic carbocycles. The van der Waals surface area contributed by atoms with Crippen molar-refractivity contribution < 1.29 is 0 Å². The third-order valence-electron chi connectivity index (χ3n) is 4.14. The molecule has 0 spiro atoms. The molecule has 2 heteroatoms. The predicted octanol–water partition coefficient (Wildman–Crippen LogP) is 2.94. The summed E-state index contributed by atoms with van der Waals surface area (Å²) in [5.74, 6) is 0.969. The molecule has 0 radical (unpaired) electrons. The van der Waals surface area contributed by atoms with Gasteiger partial charge in [0.2, 0.25) is 0 Å². The van der Waals surface area contributed by atoms with E-state index in [1.165, 1.54) is 38.5 Å². The Balaban J connectivity index is 1.89. The molecule has 1 aliphatic heterocycles. The van der Waals surface area contributed by atoms with Gasteiger partial charge in [0.05, 0.1) is 0 Å². The minimum Gasteiger partial charge on any atom is -0.251 e. The highest BCUT2D eigenvalue weighted by molar-refractivity contribution is 4.87. The number of nitrogens with zero attached hydrogens (tertiary/aromatic N) is 1. The lowest BCUT2D eigenvalue weighted by atomic mass is 9.99. The van der Waals surface area contributed by atoms with Gasteiger partial charge in [-0.15, -0.1) is 0 Å². The Bertz CT molecular complexity index is 191. The molecule has 2 rings (SSSR count). The molecule has 1 heterocycles. The highest BCUT2D eigenvalue weighted by atomic mass is 15.5. The van der Waals surface area contributed by atoms with E-state index in [2.05, 4.69) is 31.2 Å². The van der Waals surface area contributed by atoms with Crippen LogP contribution in [0.5, 0.6) is 0 Å². The van der Waals surface area contributed by atoms with Crippen molar-refractivity contribution in [2.75, 3.05) is 0 Å². The predicted molar refractivity (Wildman–Crippen MR) is 64.6 cm³/mol. The summed E-state index contributed by atoms with van der Waals surface area (Å²) >= 11 is 0. The molecule has 1 aliphatic carbocycles. The van der Waals surface area contributed by atoms with Crippen LogP contribution >= 0.6 is 0 Å². The third-order valence-corrected chi connectivity index (χ3v) is 4.14. The maximum atomic E-state index is 3.80. The van der Waals surface area contributed by atoms with Crippen molar-refractivity contribution in [3.8, 4) is 0 Å². The van der Waals surface area contributed by atoms with Crippen molar-refractivity contribution in [1.82, 2.24) is 10.4 Å². The molecule has 2 aliphatic rings. The summed E-state index contributed by atoms with van der Waals surface area (Å²) in [5.41, 5.74) is 3.80. The summed E-state index contributed by atoms with van der Waals surface area (Å²) in [7, 11) is 0. The Morgan fingerprint density at radius 1 is 1.13 bits per heavy atom. The Hall–Kier alpha value is -0.0800. The first-order valence-corrected chi connectivity index (χ1v) is 6.77. The van der Waals surface area contributed by atoms with E-state index in [9.17, 15) is 0 Å². The van der Waals surface area contributed by atoms with E-state index in [-0.39, 0.29) is 0 Å². The lowest BCUT2D eigenvalue weighted by Crippen LogP contribution is -2.55. The minimum atomic E-state index is 0.724. The van der Waals surface area contributed by atoms with Crippen LogP contribution < -0.4 is 5.43 Å². The summed E-state index contributed by atoms with van der Waals surface area (Å²) < 4.78 is 0. The van der Waals surface area contributed by atoms with Crippen LogP contribution in [0.4, 0.5) is 0 Å². The van der Waals surface area contributed by atoms with Gasteiger partial charge in [0, 0.05) is 18.1 Å². The number of nitrogens with one attached hydrogen (secondary N) is 1. The van der Waals surface area contributed by atoms with E-state index >= 15 is 0 Å². The third kappa shape index (κ3) is 2.73. The van der Waals surface area contributed by atoms with Gasteiger partial charge in [-0.25, -0.2) is 5.01 Å². The molecule has 88 valence electrons. The van der Waals surface area contributed by atoms with Crippen LogP contribution in [0.2, 0.25) is 0 Å². The standard InChI is InChI=1S/C13H26N2/c1-4-13(12-8-9-12)14-15-10(2)6-5-7-11(15)3/h10-14H,4-9H2,1-3H3. The van der Waals surface area contributed by atoms with Crippen molar-refractivity contribution in [3.05, 3.63) is 0 Å². The number of hydrogen-bond donors (Lipinski definition) is 1. The number of hydrazine groups is 1. The van der Waals surface area contributed by atoms with Crippen molar-refractivity contribution in [2.24, 2.45) is 5.92 Å². The first kappa shape index (κ1) is 11.4. The van der Waals surface area contributed by atoms with Crippen LogP contribution in [0.15, 0.2) is 0 Å². The van der Waals surface area contributed by atoms with Crippen molar-refractivity contribution in [3.63, 3.8) is 0 Å². The Morgan fingerprint density at radius 3 is 2.20 bits per heavy atom. The fourth-order valence-corrected chi connectivity index (χ4v) is 2.90. The van der Waals surface area contributed by atoms with E-state index in [1.807, 2.05) is 0 Å². The molecule has 2 fully saturated rings. The highest BCUT2D eigenvalue weighted by Crippen LogP contribution is 2.34. The van der Waals surface area contributed by atoms with Crippen molar-refractivity contribution in [1.29, 1.82) is 0 Å². The van der Waals surface area contributed by atoms with Crippen molar-refractivity contribution >= 4 is 0 Å². The molecule has 0 aromatic rings. The summed E-state index contributed by atoms with van der Waals surface area (Å²) in [5, 5.41) is 2.54. The van der Waals surface area contributed by atoms with Gasteiger partial charge >= 0.3 is 0 Å². The normalized spacial score (nSPS) is 35.4. The van der Waals surface area contributed by atoms with Gasteiger partial charge in [0.1, 0.15) is 0 Å². The van der Waals surface area contributed by atoms with Gasteiger partial charge in [-0.05, 0) is 51.9 Å². The van der Waals surface area contributed by atoms with E-state index < -0.39 is 0 Å². The molecule has 2 nitrogen and oxygen atoms in total. The zero-order valence-electron chi connectivity index (χ0n) is 10.5. The van der Waals surface area contributed by atoms with Crippen LogP contribution in [-0.4, -0.2) is 23.1 Å². The van der Waals surface area contributed by atoms with Gasteiger partial charge in [-0.1, -0.05) is 13.3 Å². The average Bonchev–Trinajstić information content (AvgIpc) is 3.01. The molecule has 3 unspecified atom stereocenters. The quantitative estimate of drug-likeness (QED) is 0.767. The molecule has 1 saturated heterocycles. The van der Waals surface area contributed by atoms with E-state index in [4.69, 9.17) is 0 Å². The topological polar surface area (TPSA) is 15.3 Å². The summed E-state index contributed by atoms with van der Waals surface area (Å²) in [4.78, 5) is 0. The van der Waals surface area contributed by atoms with Gasteiger partial charge in [0.25, 0.3) is 0 Å². The van der Waals surface area contributed by atoms with Crippen LogP contribution in [0.25, 0.3) is 0 Å². The first-order valence-electron chi connectivity index (χ1n) is 6.77. The lowest BCUT2D eigenvalue weighted by molar-refractivity contribution is 0.0248. The summed E-state index contributed by atoms with van der Waals surface area (Å²) in [6, 6.07) is 2.19. The van der Waals surface area contributed by atoms with Gasteiger partial charge in [-0.3, -0.25) is 5.43 Å². The molecule has 0 bridgehead atoms. The maximum absolute atomic E-state index is 3.80. The molecular formula is C13H26N2. The molecular weight excluding hydrogens is 184 g/mol. The average molecular weight is 210 g/mol. The monoisotopic (exact) mass is 210 g/mol. The van der Waals surface area contributed by atoms with E-state index in [1.54, 1.807) is 0 Å². The van der Waals surface area contributed by atoms with Crippen LogP contribution in [0.1, 0.15) is 59.3 Å². The summed E-state index contributed by atoms with van der Waals surface area (Å²) in [6.45, 7) is 7.04. The van der Waals surface area contributed by atoms with Crippen LogP contribution in [0.3, 0.4) is 0 Å². The van der Waals surface area contributed by atoms with Crippen molar-refractivity contribution in [2.45, 2.75) is 77.4 Å². The Morgan fingerprint density at radius 2 is 1.73 bits per heavy atom. The largest absolute Gasteiger partial charge is 0.251 e. The molecule has 1 N–H and O–H groups in total. The van der Waals surface area contributed by atoms with E-state index in [0.717, 1.165) is 24.0 Å². The second-order valence-electron chi connectivity index (χ2n) is 5.52. The maximum Gasteiger partial charge on any atom is 0.0241 e. The van der Waals surface area contributed by atoms with Crippen LogP contribution in [-0.2, 0) is 0 Å². The second kappa shape index (κ2) is 4.84. The lowest BCUT2D eigenvalue weighted by Gasteiger charge is -2.41. The Labute approximate surface area is 94.4 Å². The fourth-order valence-electron chi connectivity index (χ4n) is 2.90.